The average molecular weight is 345 g/mol. The van der Waals surface area contributed by atoms with Crippen molar-refractivity contribution in [1.82, 2.24) is 15.5 Å². The minimum atomic E-state index is 0.773. The number of hydrogen-bond acceptors (Lipinski definition) is 3. The zero-order valence-electron chi connectivity index (χ0n) is 14.9. The number of guanidine groups is 1. The van der Waals surface area contributed by atoms with Gasteiger partial charge in [0.15, 0.2) is 5.96 Å². The fourth-order valence-corrected chi connectivity index (χ4v) is 3.10. The molecular weight excluding hydrogens is 316 g/mol. The minimum Gasteiger partial charge on any atom is -0.352 e. The maximum absolute atomic E-state index is 4.27. The normalized spacial score (nSPS) is 11.8. The fourth-order valence-electron chi connectivity index (χ4n) is 2.46. The zero-order chi connectivity index (χ0) is 17.2. The van der Waals surface area contributed by atoms with E-state index in [2.05, 4.69) is 76.2 Å². The largest absolute Gasteiger partial charge is 0.352 e. The van der Waals surface area contributed by atoms with Gasteiger partial charge in [0.1, 0.15) is 0 Å². The van der Waals surface area contributed by atoms with E-state index in [0.717, 1.165) is 38.7 Å². The van der Waals surface area contributed by atoms with Gasteiger partial charge in [-0.1, -0.05) is 44.2 Å². The molecular formula is C19H28N4S. The summed E-state index contributed by atoms with van der Waals surface area (Å²) in [6, 6.07) is 13.0. The Kier molecular flexibility index (Phi) is 7.79. The Hall–Kier alpha value is -1.85. The summed E-state index contributed by atoms with van der Waals surface area (Å²) in [5, 5.41) is 8.79. The molecule has 0 amide bonds. The fraction of sp³-hybridized carbons (Fsp3) is 0.421. The Labute approximate surface area is 149 Å². The van der Waals surface area contributed by atoms with Crippen LogP contribution in [0.25, 0.3) is 0 Å². The van der Waals surface area contributed by atoms with Crippen LogP contribution in [0, 0.1) is 0 Å². The van der Waals surface area contributed by atoms with Crippen LogP contribution < -0.4 is 10.6 Å². The number of aliphatic imine (C=N–C) groups is 1. The van der Waals surface area contributed by atoms with Crippen molar-refractivity contribution < 1.29 is 0 Å². The topological polar surface area (TPSA) is 39.7 Å². The molecule has 1 aromatic carbocycles. The first-order valence-electron chi connectivity index (χ1n) is 8.52. The van der Waals surface area contributed by atoms with Gasteiger partial charge in [-0.2, -0.15) is 0 Å². The second-order valence-corrected chi connectivity index (χ2v) is 6.67. The summed E-state index contributed by atoms with van der Waals surface area (Å²) in [4.78, 5) is 8.00. The molecule has 0 unspecified atom stereocenters. The van der Waals surface area contributed by atoms with Crippen LogP contribution in [0.3, 0.4) is 0 Å². The van der Waals surface area contributed by atoms with Crippen molar-refractivity contribution in [3.8, 4) is 0 Å². The lowest BCUT2D eigenvalue weighted by atomic mass is 10.1. The van der Waals surface area contributed by atoms with Gasteiger partial charge in [0.25, 0.3) is 0 Å². The molecule has 0 fully saturated rings. The van der Waals surface area contributed by atoms with Crippen LogP contribution in [-0.4, -0.2) is 31.0 Å². The van der Waals surface area contributed by atoms with E-state index >= 15 is 0 Å². The Morgan fingerprint density at radius 2 is 1.67 bits per heavy atom. The van der Waals surface area contributed by atoms with Crippen LogP contribution in [0.15, 0.2) is 46.8 Å². The first-order chi connectivity index (χ1) is 11.7. The predicted molar refractivity (Wildman–Crippen MR) is 104 cm³/mol. The third kappa shape index (κ3) is 5.98. The number of hydrogen-bond donors (Lipinski definition) is 2. The summed E-state index contributed by atoms with van der Waals surface area (Å²) in [5.41, 5.74) is 2.63. The second kappa shape index (κ2) is 10.1. The van der Waals surface area contributed by atoms with Crippen molar-refractivity contribution in [3.63, 3.8) is 0 Å². The molecule has 4 nitrogen and oxygen atoms in total. The second-order valence-electron chi connectivity index (χ2n) is 5.64. The molecule has 24 heavy (non-hydrogen) atoms. The van der Waals surface area contributed by atoms with Crippen LogP contribution in [0.2, 0.25) is 0 Å². The number of thiophene rings is 1. The van der Waals surface area contributed by atoms with Gasteiger partial charge in [-0.05, 0) is 35.7 Å². The molecule has 0 atom stereocenters. The summed E-state index contributed by atoms with van der Waals surface area (Å²) in [6.45, 7) is 9.19. The Morgan fingerprint density at radius 3 is 2.25 bits per heavy atom. The Morgan fingerprint density at radius 1 is 1.00 bits per heavy atom. The van der Waals surface area contributed by atoms with Crippen molar-refractivity contribution in [2.45, 2.75) is 33.5 Å². The highest BCUT2D eigenvalue weighted by molar-refractivity contribution is 7.09. The van der Waals surface area contributed by atoms with Gasteiger partial charge in [0.05, 0.1) is 6.54 Å². The highest BCUT2D eigenvalue weighted by atomic mass is 32.1. The number of nitrogens with one attached hydrogen (secondary N) is 2. The molecule has 0 aliphatic carbocycles. The number of nitrogens with zero attached hydrogens (tertiary/aromatic N) is 2. The van der Waals surface area contributed by atoms with Crippen molar-refractivity contribution >= 4 is 17.3 Å². The molecule has 0 aliphatic rings. The SMILES string of the molecule is CCN(CC)Cc1ccc(CNC(=NC)NCc2cccs2)cc1. The van der Waals surface area contributed by atoms with E-state index in [-0.39, 0.29) is 0 Å². The van der Waals surface area contributed by atoms with Gasteiger partial charge in [-0.15, -0.1) is 11.3 Å². The van der Waals surface area contributed by atoms with Crippen LogP contribution in [-0.2, 0) is 19.6 Å². The Balaban J connectivity index is 1.80. The van der Waals surface area contributed by atoms with Crippen LogP contribution >= 0.6 is 11.3 Å². The van der Waals surface area contributed by atoms with Gasteiger partial charge in [0.2, 0.25) is 0 Å². The smallest absolute Gasteiger partial charge is 0.191 e. The first kappa shape index (κ1) is 18.5. The van der Waals surface area contributed by atoms with Gasteiger partial charge in [-0.25, -0.2) is 0 Å². The van der Waals surface area contributed by atoms with Crippen LogP contribution in [0.4, 0.5) is 0 Å². The highest BCUT2D eigenvalue weighted by Gasteiger charge is 2.02. The summed E-state index contributed by atoms with van der Waals surface area (Å²) >= 11 is 1.75. The highest BCUT2D eigenvalue weighted by Crippen LogP contribution is 2.08. The summed E-state index contributed by atoms with van der Waals surface area (Å²) in [5.74, 6) is 0.829. The van der Waals surface area contributed by atoms with Crippen molar-refractivity contribution in [2.75, 3.05) is 20.1 Å². The van der Waals surface area contributed by atoms with Crippen LogP contribution in [0.5, 0.6) is 0 Å². The molecule has 0 spiro atoms. The standard InChI is InChI=1S/C19H28N4S/c1-4-23(5-2)15-17-10-8-16(9-11-17)13-21-19(20-3)22-14-18-7-6-12-24-18/h6-12H,4-5,13-15H2,1-3H3,(H2,20,21,22). The molecule has 0 bridgehead atoms. The van der Waals surface area contributed by atoms with E-state index in [1.54, 1.807) is 18.4 Å². The third-order valence-electron chi connectivity index (χ3n) is 4.02. The average Bonchev–Trinajstić information content (AvgIpc) is 3.14. The molecule has 2 N–H and O–H groups in total. The number of benzene rings is 1. The molecule has 0 radical (unpaired) electrons. The summed E-state index contributed by atoms with van der Waals surface area (Å²) in [7, 11) is 1.80. The van der Waals surface area contributed by atoms with E-state index in [9.17, 15) is 0 Å². The maximum Gasteiger partial charge on any atom is 0.191 e. The molecule has 5 heteroatoms. The molecule has 0 saturated heterocycles. The van der Waals surface area contributed by atoms with Crippen molar-refractivity contribution in [1.29, 1.82) is 0 Å². The predicted octanol–water partition coefficient (Wildman–Crippen LogP) is 3.46. The van der Waals surface area contributed by atoms with Crippen LogP contribution in [0.1, 0.15) is 29.9 Å². The number of rotatable bonds is 8. The lowest BCUT2D eigenvalue weighted by molar-refractivity contribution is 0.296. The van der Waals surface area contributed by atoms with E-state index in [0.29, 0.717) is 0 Å². The third-order valence-corrected chi connectivity index (χ3v) is 4.89. The summed E-state index contributed by atoms with van der Waals surface area (Å²) in [6.07, 6.45) is 0. The van der Waals surface area contributed by atoms with Crippen molar-refractivity contribution in [2.24, 2.45) is 4.99 Å². The zero-order valence-corrected chi connectivity index (χ0v) is 15.7. The molecule has 130 valence electrons. The Bertz CT molecular complexity index is 601. The van der Waals surface area contributed by atoms with Gasteiger partial charge in [0, 0.05) is 25.0 Å². The maximum atomic E-state index is 4.27. The summed E-state index contributed by atoms with van der Waals surface area (Å²) < 4.78 is 0. The lowest BCUT2D eigenvalue weighted by Crippen LogP contribution is -2.36. The van der Waals surface area contributed by atoms with Crippen molar-refractivity contribution in [3.05, 3.63) is 57.8 Å². The molecule has 0 aliphatic heterocycles. The minimum absolute atomic E-state index is 0.773. The molecule has 2 aromatic rings. The lowest BCUT2D eigenvalue weighted by Gasteiger charge is -2.18. The molecule has 1 aromatic heterocycles. The quantitative estimate of drug-likeness (QED) is 0.569. The molecule has 1 heterocycles. The van der Waals surface area contributed by atoms with Gasteiger partial charge < -0.3 is 10.6 Å². The van der Waals surface area contributed by atoms with Gasteiger partial charge >= 0.3 is 0 Å². The van der Waals surface area contributed by atoms with E-state index in [1.807, 2.05) is 0 Å². The van der Waals surface area contributed by atoms with Gasteiger partial charge in [-0.3, -0.25) is 9.89 Å². The van der Waals surface area contributed by atoms with E-state index in [1.165, 1.54) is 16.0 Å². The monoisotopic (exact) mass is 344 g/mol. The molecule has 2 rings (SSSR count). The van der Waals surface area contributed by atoms with E-state index < -0.39 is 0 Å². The van der Waals surface area contributed by atoms with E-state index in [4.69, 9.17) is 0 Å². The molecule has 0 saturated carbocycles. The first-order valence-corrected chi connectivity index (χ1v) is 9.40.